The molecule has 0 saturated carbocycles. The lowest BCUT2D eigenvalue weighted by Crippen LogP contribution is -2.51. The number of hydrogen-bond acceptors (Lipinski definition) is 5. The summed E-state index contributed by atoms with van der Waals surface area (Å²) in [6, 6.07) is 0.148. The first-order chi connectivity index (χ1) is 9.48. The summed E-state index contributed by atoms with van der Waals surface area (Å²) in [5, 5.41) is 9.39. The smallest absolute Gasteiger partial charge is 0.408 e. The zero-order valence-corrected chi connectivity index (χ0v) is 14.9. The molecule has 0 radical (unpaired) electrons. The maximum Gasteiger partial charge on any atom is 0.408 e. The summed E-state index contributed by atoms with van der Waals surface area (Å²) in [4.78, 5) is 16.3. The van der Waals surface area contributed by atoms with Gasteiger partial charge < -0.3 is 15.4 Å². The molecule has 2 N–H and O–H groups in total. The molecule has 1 rings (SSSR count). The van der Waals surface area contributed by atoms with Crippen molar-refractivity contribution < 1.29 is 9.53 Å². The Kier molecular flexibility index (Phi) is 5.75. The maximum atomic E-state index is 11.8. The van der Waals surface area contributed by atoms with Crippen molar-refractivity contribution in [1.82, 2.24) is 15.6 Å². The molecule has 1 aromatic rings. The van der Waals surface area contributed by atoms with Gasteiger partial charge in [-0.05, 0) is 48.5 Å². The van der Waals surface area contributed by atoms with Crippen molar-refractivity contribution in [3.05, 3.63) is 16.1 Å². The first kappa shape index (κ1) is 17.9. The van der Waals surface area contributed by atoms with E-state index in [-0.39, 0.29) is 6.04 Å². The molecule has 0 saturated heterocycles. The van der Waals surface area contributed by atoms with Gasteiger partial charge in [-0.15, -0.1) is 11.3 Å². The van der Waals surface area contributed by atoms with Crippen LogP contribution in [0, 0.1) is 6.92 Å². The third-order valence-electron chi connectivity index (χ3n) is 2.77. The highest BCUT2D eigenvalue weighted by Crippen LogP contribution is 2.16. The molecular weight excluding hydrogens is 286 g/mol. The van der Waals surface area contributed by atoms with Gasteiger partial charge in [0.15, 0.2) is 0 Å². The van der Waals surface area contributed by atoms with Gasteiger partial charge in [-0.3, -0.25) is 0 Å². The summed E-state index contributed by atoms with van der Waals surface area (Å²) >= 11 is 1.64. The SMILES string of the molecule is Cc1nc(C(C)NCC(C)(C)NC(=O)OC(C)(C)C)cs1. The van der Waals surface area contributed by atoms with Crippen molar-refractivity contribution in [2.45, 2.75) is 65.6 Å². The van der Waals surface area contributed by atoms with Crippen LogP contribution in [0.5, 0.6) is 0 Å². The Bertz CT molecular complexity index is 478. The summed E-state index contributed by atoms with van der Waals surface area (Å²) in [7, 11) is 0. The molecule has 0 aromatic carbocycles. The lowest BCUT2D eigenvalue weighted by molar-refractivity contribution is 0.0471. The fraction of sp³-hybridized carbons (Fsp3) is 0.733. The molecule has 1 amide bonds. The van der Waals surface area contributed by atoms with Crippen molar-refractivity contribution in [2.75, 3.05) is 6.54 Å². The summed E-state index contributed by atoms with van der Waals surface area (Å²) in [5.41, 5.74) is 0.145. The largest absolute Gasteiger partial charge is 0.444 e. The predicted molar refractivity (Wildman–Crippen MR) is 86.7 cm³/mol. The molecule has 120 valence electrons. The second-order valence-corrected chi connectivity index (χ2v) is 7.97. The van der Waals surface area contributed by atoms with Crippen LogP contribution in [0.3, 0.4) is 0 Å². The highest BCUT2D eigenvalue weighted by atomic mass is 32.1. The number of nitrogens with one attached hydrogen (secondary N) is 2. The molecule has 1 unspecified atom stereocenters. The summed E-state index contributed by atoms with van der Waals surface area (Å²) < 4.78 is 5.28. The number of carbonyl (C=O) groups excluding carboxylic acids is 1. The summed E-state index contributed by atoms with van der Waals surface area (Å²) in [6.45, 7) is 14.2. The highest BCUT2D eigenvalue weighted by molar-refractivity contribution is 7.09. The van der Waals surface area contributed by atoms with Crippen molar-refractivity contribution in [3.8, 4) is 0 Å². The minimum Gasteiger partial charge on any atom is -0.444 e. The van der Waals surface area contributed by atoms with E-state index in [1.165, 1.54) is 0 Å². The normalized spacial score (nSPS) is 13.9. The van der Waals surface area contributed by atoms with E-state index in [0.29, 0.717) is 6.54 Å². The zero-order valence-electron chi connectivity index (χ0n) is 14.0. The second-order valence-electron chi connectivity index (χ2n) is 6.90. The van der Waals surface area contributed by atoms with Crippen molar-refractivity contribution in [2.24, 2.45) is 0 Å². The highest BCUT2D eigenvalue weighted by Gasteiger charge is 2.25. The number of hydrogen-bond donors (Lipinski definition) is 2. The van der Waals surface area contributed by atoms with Crippen LogP contribution in [0.2, 0.25) is 0 Å². The topological polar surface area (TPSA) is 63.2 Å². The third-order valence-corrected chi connectivity index (χ3v) is 3.56. The van der Waals surface area contributed by atoms with E-state index in [1.807, 2.05) is 41.5 Å². The number of nitrogens with zero attached hydrogens (tertiary/aromatic N) is 1. The van der Waals surface area contributed by atoms with Crippen LogP contribution in [0.15, 0.2) is 5.38 Å². The van der Waals surface area contributed by atoms with Crippen LogP contribution < -0.4 is 10.6 Å². The number of carbonyl (C=O) groups is 1. The van der Waals surface area contributed by atoms with Crippen LogP contribution in [-0.2, 0) is 4.74 Å². The fourth-order valence-electron chi connectivity index (χ4n) is 1.72. The number of amides is 1. The molecule has 0 fully saturated rings. The Morgan fingerprint density at radius 2 is 2.00 bits per heavy atom. The van der Waals surface area contributed by atoms with Crippen LogP contribution >= 0.6 is 11.3 Å². The van der Waals surface area contributed by atoms with Crippen LogP contribution in [0.1, 0.15) is 58.3 Å². The van der Waals surface area contributed by atoms with E-state index in [1.54, 1.807) is 11.3 Å². The Balaban J connectivity index is 2.47. The molecule has 0 aliphatic carbocycles. The minimum atomic E-state index is -0.487. The summed E-state index contributed by atoms with van der Waals surface area (Å²) in [6.07, 6.45) is -0.397. The molecule has 0 bridgehead atoms. The van der Waals surface area contributed by atoms with E-state index in [9.17, 15) is 4.79 Å². The first-order valence-electron chi connectivity index (χ1n) is 7.15. The number of thiazole rings is 1. The molecule has 1 heterocycles. The van der Waals surface area contributed by atoms with Gasteiger partial charge in [-0.25, -0.2) is 9.78 Å². The zero-order chi connectivity index (χ0) is 16.3. The maximum absolute atomic E-state index is 11.8. The fourth-order valence-corrected chi connectivity index (χ4v) is 2.42. The van der Waals surface area contributed by atoms with E-state index < -0.39 is 17.2 Å². The Morgan fingerprint density at radius 1 is 1.38 bits per heavy atom. The lowest BCUT2D eigenvalue weighted by Gasteiger charge is -2.30. The first-order valence-corrected chi connectivity index (χ1v) is 8.03. The standard InChI is InChI=1S/C15H27N3O2S/c1-10(12-8-21-11(2)17-12)16-9-15(6,7)18-13(19)20-14(3,4)5/h8,10,16H,9H2,1-7H3,(H,18,19). The number of rotatable bonds is 5. The minimum absolute atomic E-state index is 0.148. The van der Waals surface area contributed by atoms with Gasteiger partial charge in [0.1, 0.15) is 5.60 Å². The molecule has 5 nitrogen and oxygen atoms in total. The average Bonchev–Trinajstić information content (AvgIpc) is 2.69. The molecule has 6 heteroatoms. The monoisotopic (exact) mass is 313 g/mol. The van der Waals surface area contributed by atoms with E-state index >= 15 is 0 Å². The predicted octanol–water partition coefficient (Wildman–Crippen LogP) is 3.41. The molecule has 1 aromatic heterocycles. The van der Waals surface area contributed by atoms with Gasteiger partial charge in [0.25, 0.3) is 0 Å². The quantitative estimate of drug-likeness (QED) is 0.874. The van der Waals surface area contributed by atoms with Crippen molar-refractivity contribution in [3.63, 3.8) is 0 Å². The van der Waals surface area contributed by atoms with Crippen LogP contribution in [0.25, 0.3) is 0 Å². The van der Waals surface area contributed by atoms with Gasteiger partial charge in [-0.1, -0.05) is 0 Å². The Morgan fingerprint density at radius 3 is 2.48 bits per heavy atom. The van der Waals surface area contributed by atoms with Crippen molar-refractivity contribution >= 4 is 17.4 Å². The molecule has 21 heavy (non-hydrogen) atoms. The second kappa shape index (κ2) is 6.75. The molecule has 0 spiro atoms. The van der Waals surface area contributed by atoms with Gasteiger partial charge in [0.2, 0.25) is 0 Å². The van der Waals surface area contributed by atoms with Gasteiger partial charge in [0.05, 0.1) is 16.2 Å². The molecule has 0 aliphatic rings. The van der Waals surface area contributed by atoms with E-state index in [2.05, 4.69) is 27.9 Å². The number of aryl methyl sites for hydroxylation is 1. The average molecular weight is 313 g/mol. The van der Waals surface area contributed by atoms with Gasteiger partial charge >= 0.3 is 6.09 Å². The number of alkyl carbamates (subject to hydrolysis) is 1. The summed E-state index contributed by atoms with van der Waals surface area (Å²) in [5.74, 6) is 0. The van der Waals surface area contributed by atoms with E-state index in [0.717, 1.165) is 10.7 Å². The lowest BCUT2D eigenvalue weighted by atomic mass is 10.1. The van der Waals surface area contributed by atoms with Crippen LogP contribution in [-0.4, -0.2) is 28.8 Å². The molecule has 1 atom stereocenters. The Hall–Kier alpha value is -1.14. The van der Waals surface area contributed by atoms with E-state index in [4.69, 9.17) is 4.74 Å². The van der Waals surface area contributed by atoms with Crippen molar-refractivity contribution in [1.29, 1.82) is 0 Å². The van der Waals surface area contributed by atoms with Gasteiger partial charge in [0, 0.05) is 18.0 Å². The number of ether oxygens (including phenoxy) is 1. The number of aromatic nitrogens is 1. The van der Waals surface area contributed by atoms with Crippen LogP contribution in [0.4, 0.5) is 4.79 Å². The Labute approximate surface area is 131 Å². The van der Waals surface area contributed by atoms with Gasteiger partial charge in [-0.2, -0.15) is 0 Å². The molecular formula is C15H27N3O2S. The third kappa shape index (κ3) is 6.91. The molecule has 0 aliphatic heterocycles.